The van der Waals surface area contributed by atoms with E-state index in [2.05, 4.69) is 46.0 Å². The van der Waals surface area contributed by atoms with Crippen LogP contribution in [0.3, 0.4) is 0 Å². The van der Waals surface area contributed by atoms with E-state index < -0.39 is 0 Å². The summed E-state index contributed by atoms with van der Waals surface area (Å²) in [4.78, 5) is 11.1. The molecule has 1 aliphatic rings. The minimum Gasteiger partial charge on any atom is -0.391 e. The lowest BCUT2D eigenvalue weighted by Gasteiger charge is -2.15. The predicted molar refractivity (Wildman–Crippen MR) is 103 cm³/mol. The molecule has 1 aromatic carbocycles. The summed E-state index contributed by atoms with van der Waals surface area (Å²) >= 11 is 0. The van der Waals surface area contributed by atoms with Crippen LogP contribution < -0.4 is 0 Å². The van der Waals surface area contributed by atoms with Crippen LogP contribution in [0.4, 0.5) is 0 Å². The Labute approximate surface area is 159 Å². The zero-order valence-electron chi connectivity index (χ0n) is 15.9. The van der Waals surface area contributed by atoms with Gasteiger partial charge in [0.25, 0.3) is 0 Å². The molecule has 3 heterocycles. The van der Waals surface area contributed by atoms with E-state index in [1.165, 1.54) is 10.9 Å². The SMILES string of the molecule is CC(C)Cc1nc(CN2C[C@@H](Cc3ccnc4ccccc34)[C@H](O)C2)no1. The highest BCUT2D eigenvalue weighted by atomic mass is 16.5. The molecule has 0 amide bonds. The molecule has 6 heteroatoms. The molecule has 2 aromatic heterocycles. The van der Waals surface area contributed by atoms with E-state index in [-0.39, 0.29) is 12.0 Å². The molecule has 1 fully saturated rings. The third-order valence-corrected chi connectivity index (χ3v) is 5.16. The second-order valence-corrected chi connectivity index (χ2v) is 7.92. The quantitative estimate of drug-likeness (QED) is 0.723. The number of pyridine rings is 1. The van der Waals surface area contributed by atoms with Crippen LogP contribution >= 0.6 is 0 Å². The second kappa shape index (κ2) is 7.74. The van der Waals surface area contributed by atoms with Gasteiger partial charge in [-0.2, -0.15) is 4.98 Å². The van der Waals surface area contributed by atoms with Gasteiger partial charge in [-0.05, 0) is 30.0 Å². The maximum absolute atomic E-state index is 10.6. The van der Waals surface area contributed by atoms with Crippen molar-refractivity contribution in [2.75, 3.05) is 13.1 Å². The number of para-hydroxylation sites is 1. The number of hydrogen-bond donors (Lipinski definition) is 1. The Hall–Kier alpha value is -2.31. The van der Waals surface area contributed by atoms with E-state index in [1.807, 2.05) is 24.4 Å². The lowest BCUT2D eigenvalue weighted by molar-refractivity contribution is 0.141. The number of aliphatic hydroxyl groups excluding tert-OH is 1. The summed E-state index contributed by atoms with van der Waals surface area (Å²) in [7, 11) is 0. The van der Waals surface area contributed by atoms with E-state index in [9.17, 15) is 5.11 Å². The number of aromatic nitrogens is 3. The standard InChI is InChI=1S/C21H26N4O2/c1-14(2)9-21-23-20(24-27-21)13-25-11-16(19(26)12-25)10-15-7-8-22-18-6-4-3-5-17(15)18/h3-8,14,16,19,26H,9-13H2,1-2H3/t16-,19-/m1/s1. The van der Waals surface area contributed by atoms with Gasteiger partial charge in [-0.25, -0.2) is 0 Å². The number of aliphatic hydroxyl groups is 1. The van der Waals surface area contributed by atoms with Crippen molar-refractivity contribution >= 4 is 10.9 Å². The molecule has 142 valence electrons. The first-order valence-electron chi connectivity index (χ1n) is 9.63. The first kappa shape index (κ1) is 18.1. The molecule has 2 atom stereocenters. The van der Waals surface area contributed by atoms with Gasteiger partial charge in [-0.15, -0.1) is 0 Å². The number of likely N-dealkylation sites (tertiary alicyclic amines) is 1. The van der Waals surface area contributed by atoms with Gasteiger partial charge in [0.15, 0.2) is 5.82 Å². The van der Waals surface area contributed by atoms with Crippen LogP contribution in [0.15, 0.2) is 41.1 Å². The van der Waals surface area contributed by atoms with Crippen LogP contribution in [0, 0.1) is 11.8 Å². The van der Waals surface area contributed by atoms with Crippen molar-refractivity contribution in [3.63, 3.8) is 0 Å². The fourth-order valence-corrected chi connectivity index (χ4v) is 3.87. The van der Waals surface area contributed by atoms with Gasteiger partial charge in [0.2, 0.25) is 5.89 Å². The molecule has 0 radical (unpaired) electrons. The number of rotatable bonds is 6. The normalized spacial score (nSPS) is 20.7. The number of benzene rings is 1. The average molecular weight is 366 g/mol. The highest BCUT2D eigenvalue weighted by Gasteiger charge is 2.32. The minimum atomic E-state index is -0.348. The molecular formula is C21H26N4O2. The van der Waals surface area contributed by atoms with Crippen molar-refractivity contribution in [3.05, 3.63) is 53.8 Å². The van der Waals surface area contributed by atoms with Gasteiger partial charge in [-0.1, -0.05) is 37.2 Å². The Morgan fingerprint density at radius 2 is 2.07 bits per heavy atom. The molecule has 1 aliphatic heterocycles. The summed E-state index contributed by atoms with van der Waals surface area (Å²) in [6.07, 6.45) is 3.14. The van der Waals surface area contributed by atoms with Crippen LogP contribution in [0.5, 0.6) is 0 Å². The number of β-amino-alcohol motifs (C(OH)–C–C–N with tert-alkyl or cyclic N) is 1. The molecular weight excluding hydrogens is 340 g/mol. The van der Waals surface area contributed by atoms with Gasteiger partial charge in [0, 0.05) is 37.0 Å². The van der Waals surface area contributed by atoms with Crippen LogP contribution in [-0.2, 0) is 19.4 Å². The molecule has 6 nitrogen and oxygen atoms in total. The van der Waals surface area contributed by atoms with Gasteiger partial charge in [0.1, 0.15) is 0 Å². The molecule has 0 unspecified atom stereocenters. The van der Waals surface area contributed by atoms with Crippen molar-refractivity contribution in [2.45, 2.75) is 39.3 Å². The zero-order valence-corrected chi connectivity index (χ0v) is 15.9. The smallest absolute Gasteiger partial charge is 0.226 e. The van der Waals surface area contributed by atoms with E-state index in [0.717, 1.165) is 24.9 Å². The minimum absolute atomic E-state index is 0.192. The summed E-state index contributed by atoms with van der Waals surface area (Å²) in [5.41, 5.74) is 2.24. The lowest BCUT2D eigenvalue weighted by atomic mass is 9.94. The fraction of sp³-hybridized carbons (Fsp3) is 0.476. The Kier molecular flexibility index (Phi) is 5.18. The summed E-state index contributed by atoms with van der Waals surface area (Å²) < 4.78 is 5.33. The summed E-state index contributed by atoms with van der Waals surface area (Å²) in [6.45, 7) is 6.35. The molecule has 0 aliphatic carbocycles. The molecule has 27 heavy (non-hydrogen) atoms. The first-order chi connectivity index (χ1) is 13.1. The van der Waals surface area contributed by atoms with Crippen LogP contribution in [0.1, 0.15) is 31.1 Å². The van der Waals surface area contributed by atoms with Gasteiger partial charge in [0.05, 0.1) is 18.2 Å². The highest BCUT2D eigenvalue weighted by molar-refractivity contribution is 5.81. The maximum Gasteiger partial charge on any atom is 0.226 e. The van der Waals surface area contributed by atoms with Crippen molar-refractivity contribution in [3.8, 4) is 0 Å². The summed E-state index contributed by atoms with van der Waals surface area (Å²) in [5.74, 6) is 2.08. The summed E-state index contributed by atoms with van der Waals surface area (Å²) in [6, 6.07) is 10.2. The lowest BCUT2D eigenvalue weighted by Crippen LogP contribution is -2.22. The largest absolute Gasteiger partial charge is 0.391 e. The highest BCUT2D eigenvalue weighted by Crippen LogP contribution is 2.26. The Morgan fingerprint density at radius 3 is 2.93 bits per heavy atom. The van der Waals surface area contributed by atoms with Crippen LogP contribution in [0.25, 0.3) is 10.9 Å². The number of nitrogens with zero attached hydrogens (tertiary/aromatic N) is 4. The maximum atomic E-state index is 10.6. The third-order valence-electron chi connectivity index (χ3n) is 5.16. The van der Waals surface area contributed by atoms with Crippen molar-refractivity contribution < 1.29 is 9.63 Å². The van der Waals surface area contributed by atoms with E-state index >= 15 is 0 Å². The Balaban J connectivity index is 1.41. The van der Waals surface area contributed by atoms with E-state index in [0.29, 0.717) is 30.7 Å². The molecule has 0 bridgehead atoms. The number of hydrogen-bond acceptors (Lipinski definition) is 6. The average Bonchev–Trinajstić information content (AvgIpc) is 3.21. The second-order valence-electron chi connectivity index (χ2n) is 7.92. The predicted octanol–water partition coefficient (Wildman–Crippen LogP) is 2.85. The topological polar surface area (TPSA) is 75.3 Å². The fourth-order valence-electron chi connectivity index (χ4n) is 3.87. The first-order valence-corrected chi connectivity index (χ1v) is 9.63. The molecule has 3 aromatic rings. The van der Waals surface area contributed by atoms with E-state index in [4.69, 9.17) is 4.52 Å². The van der Waals surface area contributed by atoms with E-state index in [1.54, 1.807) is 0 Å². The monoisotopic (exact) mass is 366 g/mol. The van der Waals surface area contributed by atoms with Crippen molar-refractivity contribution in [2.24, 2.45) is 11.8 Å². The molecule has 1 saturated heterocycles. The van der Waals surface area contributed by atoms with Gasteiger partial charge < -0.3 is 9.63 Å². The summed E-state index contributed by atoms with van der Waals surface area (Å²) in [5, 5.41) is 15.8. The van der Waals surface area contributed by atoms with Gasteiger partial charge in [-0.3, -0.25) is 9.88 Å². The van der Waals surface area contributed by atoms with Crippen molar-refractivity contribution in [1.82, 2.24) is 20.0 Å². The zero-order chi connectivity index (χ0) is 18.8. The van der Waals surface area contributed by atoms with Gasteiger partial charge >= 0.3 is 0 Å². The molecule has 0 saturated carbocycles. The molecule has 4 rings (SSSR count). The third kappa shape index (κ3) is 4.17. The Bertz CT molecular complexity index is 903. The Morgan fingerprint density at radius 1 is 1.22 bits per heavy atom. The molecule has 0 spiro atoms. The molecule has 1 N–H and O–H groups in total. The number of fused-ring (bicyclic) bond motifs is 1. The van der Waals surface area contributed by atoms with Crippen LogP contribution in [0.2, 0.25) is 0 Å². The van der Waals surface area contributed by atoms with Crippen molar-refractivity contribution in [1.29, 1.82) is 0 Å². The van der Waals surface area contributed by atoms with Crippen LogP contribution in [-0.4, -0.2) is 44.3 Å².